The second-order valence-corrected chi connectivity index (χ2v) is 4.32. The second-order valence-electron chi connectivity index (χ2n) is 4.32. The van der Waals surface area contributed by atoms with E-state index in [9.17, 15) is 13.6 Å². The molecule has 0 saturated carbocycles. The molecule has 5 heteroatoms. The van der Waals surface area contributed by atoms with Crippen LogP contribution in [0.4, 0.5) is 8.78 Å². The van der Waals surface area contributed by atoms with Crippen LogP contribution >= 0.6 is 0 Å². The van der Waals surface area contributed by atoms with Gasteiger partial charge in [-0.2, -0.15) is 8.78 Å². The lowest BCUT2D eigenvalue weighted by Gasteiger charge is -2.10. The minimum atomic E-state index is -2.96. The first-order valence-electron chi connectivity index (χ1n) is 6.30. The van der Waals surface area contributed by atoms with Crippen LogP contribution in [-0.2, 0) is 6.42 Å². The SMILES string of the molecule is COc1ccc(CC(=O)c2ccccc2OC(F)F)cc1. The number of carbonyl (C=O) groups excluding carboxylic acids is 1. The number of para-hydroxylation sites is 1. The van der Waals surface area contributed by atoms with Crippen molar-refractivity contribution in [2.24, 2.45) is 0 Å². The summed E-state index contributed by atoms with van der Waals surface area (Å²) in [5.41, 5.74) is 0.918. The number of alkyl halides is 2. The van der Waals surface area contributed by atoms with E-state index in [0.29, 0.717) is 5.75 Å². The average Bonchev–Trinajstić information content (AvgIpc) is 2.48. The Labute approximate surface area is 121 Å². The molecule has 0 aliphatic heterocycles. The molecule has 2 aromatic rings. The summed E-state index contributed by atoms with van der Waals surface area (Å²) in [6, 6.07) is 13.0. The molecular formula is C16H14F2O3. The summed E-state index contributed by atoms with van der Waals surface area (Å²) in [7, 11) is 1.55. The minimum absolute atomic E-state index is 0.105. The van der Waals surface area contributed by atoms with Gasteiger partial charge < -0.3 is 9.47 Å². The fourth-order valence-corrected chi connectivity index (χ4v) is 1.92. The maximum absolute atomic E-state index is 12.3. The highest BCUT2D eigenvalue weighted by Gasteiger charge is 2.15. The van der Waals surface area contributed by atoms with Crippen LogP contribution in [0.5, 0.6) is 11.5 Å². The molecule has 0 radical (unpaired) electrons. The van der Waals surface area contributed by atoms with Gasteiger partial charge in [0.15, 0.2) is 5.78 Å². The monoisotopic (exact) mass is 292 g/mol. The molecular weight excluding hydrogens is 278 g/mol. The van der Waals surface area contributed by atoms with Crippen LogP contribution in [-0.4, -0.2) is 19.5 Å². The van der Waals surface area contributed by atoms with Gasteiger partial charge in [0.05, 0.1) is 12.7 Å². The first-order chi connectivity index (χ1) is 10.1. The molecule has 110 valence electrons. The standard InChI is InChI=1S/C16H14F2O3/c1-20-12-8-6-11(7-9-12)10-14(19)13-4-2-3-5-15(13)21-16(17)18/h2-9,16H,10H2,1H3. The molecule has 0 spiro atoms. The summed E-state index contributed by atoms with van der Waals surface area (Å²) in [6.45, 7) is -2.96. The number of Topliss-reactive ketones (excluding diaryl/α,β-unsaturated/α-hetero) is 1. The summed E-state index contributed by atoms with van der Waals surface area (Å²) in [5.74, 6) is 0.301. The summed E-state index contributed by atoms with van der Waals surface area (Å²) in [6.07, 6.45) is 0.105. The molecule has 2 rings (SSSR count). The molecule has 0 heterocycles. The third-order valence-electron chi connectivity index (χ3n) is 2.93. The van der Waals surface area contributed by atoms with E-state index in [-0.39, 0.29) is 23.5 Å². The predicted molar refractivity (Wildman–Crippen MR) is 74.1 cm³/mol. The van der Waals surface area contributed by atoms with E-state index < -0.39 is 6.61 Å². The lowest BCUT2D eigenvalue weighted by molar-refractivity contribution is -0.0501. The minimum Gasteiger partial charge on any atom is -0.497 e. The van der Waals surface area contributed by atoms with Crippen LogP contribution in [0, 0.1) is 0 Å². The highest BCUT2D eigenvalue weighted by atomic mass is 19.3. The van der Waals surface area contributed by atoms with Gasteiger partial charge in [0.2, 0.25) is 0 Å². The van der Waals surface area contributed by atoms with E-state index in [1.807, 2.05) is 0 Å². The summed E-state index contributed by atoms with van der Waals surface area (Å²) < 4.78 is 34.1. The quantitative estimate of drug-likeness (QED) is 0.761. The van der Waals surface area contributed by atoms with Crippen LogP contribution in [0.1, 0.15) is 15.9 Å². The molecule has 0 N–H and O–H groups in total. The first-order valence-corrected chi connectivity index (χ1v) is 6.30. The summed E-state index contributed by atoms with van der Waals surface area (Å²) in [4.78, 5) is 12.2. The molecule has 0 aromatic heterocycles. The molecule has 0 bridgehead atoms. The molecule has 0 aliphatic rings. The van der Waals surface area contributed by atoms with Crippen molar-refractivity contribution in [2.45, 2.75) is 13.0 Å². The number of hydrogen-bond donors (Lipinski definition) is 0. The van der Waals surface area contributed by atoms with E-state index >= 15 is 0 Å². The molecule has 0 aliphatic carbocycles. The largest absolute Gasteiger partial charge is 0.497 e. The maximum Gasteiger partial charge on any atom is 0.387 e. The zero-order valence-electron chi connectivity index (χ0n) is 11.4. The Balaban J connectivity index is 2.16. The summed E-state index contributed by atoms with van der Waals surface area (Å²) in [5, 5.41) is 0. The number of methoxy groups -OCH3 is 1. The van der Waals surface area contributed by atoms with Crippen LogP contribution < -0.4 is 9.47 Å². The number of hydrogen-bond acceptors (Lipinski definition) is 3. The van der Waals surface area contributed by atoms with Crippen LogP contribution in [0.3, 0.4) is 0 Å². The van der Waals surface area contributed by atoms with Gasteiger partial charge in [-0.1, -0.05) is 24.3 Å². The van der Waals surface area contributed by atoms with Gasteiger partial charge in [0.25, 0.3) is 0 Å². The fraction of sp³-hybridized carbons (Fsp3) is 0.188. The zero-order chi connectivity index (χ0) is 15.2. The third-order valence-corrected chi connectivity index (χ3v) is 2.93. The van der Waals surface area contributed by atoms with E-state index in [4.69, 9.17) is 4.74 Å². The highest BCUT2D eigenvalue weighted by Crippen LogP contribution is 2.22. The third kappa shape index (κ3) is 4.02. The molecule has 21 heavy (non-hydrogen) atoms. The van der Waals surface area contributed by atoms with E-state index in [2.05, 4.69) is 4.74 Å². The smallest absolute Gasteiger partial charge is 0.387 e. The molecule has 0 atom stereocenters. The maximum atomic E-state index is 12.3. The molecule has 0 fully saturated rings. The van der Waals surface area contributed by atoms with Crippen LogP contribution in [0.25, 0.3) is 0 Å². The van der Waals surface area contributed by atoms with E-state index in [0.717, 1.165) is 5.56 Å². The molecule has 0 saturated heterocycles. The number of ether oxygens (including phenoxy) is 2. The van der Waals surface area contributed by atoms with Gasteiger partial charge in [0.1, 0.15) is 11.5 Å². The predicted octanol–water partition coefficient (Wildman–Crippen LogP) is 3.72. The Morgan fingerprint density at radius 2 is 1.76 bits per heavy atom. The fourth-order valence-electron chi connectivity index (χ4n) is 1.92. The number of halogens is 2. The van der Waals surface area contributed by atoms with Crippen molar-refractivity contribution in [3.05, 3.63) is 59.7 Å². The number of rotatable bonds is 6. The van der Waals surface area contributed by atoms with Crippen molar-refractivity contribution in [3.63, 3.8) is 0 Å². The van der Waals surface area contributed by atoms with Gasteiger partial charge in [-0.05, 0) is 29.8 Å². The summed E-state index contributed by atoms with van der Waals surface area (Å²) >= 11 is 0. The van der Waals surface area contributed by atoms with Gasteiger partial charge >= 0.3 is 6.61 Å². The van der Waals surface area contributed by atoms with Crippen molar-refractivity contribution >= 4 is 5.78 Å². The second kappa shape index (κ2) is 6.83. The Bertz CT molecular complexity index is 609. The number of carbonyl (C=O) groups is 1. The Kier molecular flexibility index (Phi) is 4.87. The lowest BCUT2D eigenvalue weighted by Crippen LogP contribution is -2.09. The average molecular weight is 292 g/mol. The molecule has 2 aromatic carbocycles. The molecule has 0 amide bonds. The molecule has 0 unspecified atom stereocenters. The first kappa shape index (κ1) is 15.0. The zero-order valence-corrected chi connectivity index (χ0v) is 11.4. The van der Waals surface area contributed by atoms with Crippen molar-refractivity contribution < 1.29 is 23.0 Å². The number of ketones is 1. The van der Waals surface area contributed by atoms with Gasteiger partial charge in [-0.3, -0.25) is 4.79 Å². The lowest BCUT2D eigenvalue weighted by atomic mass is 10.0. The van der Waals surface area contributed by atoms with E-state index in [1.165, 1.54) is 12.1 Å². The highest BCUT2D eigenvalue weighted by molar-refractivity contribution is 5.99. The van der Waals surface area contributed by atoms with Crippen molar-refractivity contribution in [3.8, 4) is 11.5 Å². The van der Waals surface area contributed by atoms with Gasteiger partial charge in [-0.15, -0.1) is 0 Å². The van der Waals surface area contributed by atoms with Crippen LogP contribution in [0.15, 0.2) is 48.5 Å². The van der Waals surface area contributed by atoms with Gasteiger partial charge in [-0.25, -0.2) is 0 Å². The molecule has 3 nitrogen and oxygen atoms in total. The topological polar surface area (TPSA) is 35.5 Å². The Morgan fingerprint density at radius 1 is 1.10 bits per heavy atom. The normalized spacial score (nSPS) is 10.5. The van der Waals surface area contributed by atoms with Crippen molar-refractivity contribution in [2.75, 3.05) is 7.11 Å². The Morgan fingerprint density at radius 3 is 2.38 bits per heavy atom. The van der Waals surface area contributed by atoms with Crippen molar-refractivity contribution in [1.82, 2.24) is 0 Å². The number of benzene rings is 2. The van der Waals surface area contributed by atoms with E-state index in [1.54, 1.807) is 43.5 Å². The Hall–Kier alpha value is -2.43. The van der Waals surface area contributed by atoms with Crippen molar-refractivity contribution in [1.29, 1.82) is 0 Å². The van der Waals surface area contributed by atoms with Crippen LogP contribution in [0.2, 0.25) is 0 Å². The van der Waals surface area contributed by atoms with Gasteiger partial charge in [0, 0.05) is 6.42 Å².